The van der Waals surface area contributed by atoms with Crippen molar-refractivity contribution in [2.45, 2.75) is 36.5 Å². The van der Waals surface area contributed by atoms with Gasteiger partial charge >= 0.3 is 12.0 Å². The molecule has 2 aliphatic rings. The Morgan fingerprint density at radius 1 is 1.27 bits per heavy atom. The van der Waals surface area contributed by atoms with E-state index in [4.69, 9.17) is 0 Å². The molecule has 0 saturated carbocycles. The summed E-state index contributed by atoms with van der Waals surface area (Å²) in [5.41, 5.74) is 1.19. The third kappa shape index (κ3) is 6.12. The van der Waals surface area contributed by atoms with Crippen molar-refractivity contribution < 1.29 is 29.1 Å². The standard InChI is InChI=1S/C25H28N8O6S2/c1-5-13(2)20(35)31(3)24(39)27-16(14-9-7-6-8-10-14)19(34)26-17-21(36)33-18(23(37)38)15(11-40-22(17)33)12-41-25-28-29-30-32(25)4/h5-10,16-17,22H,11-12H2,1-4H3,(H,26,34)(H,27,39)(H,37,38)/t16?,17?,22-/m0/s1. The van der Waals surface area contributed by atoms with Crippen molar-refractivity contribution in [1.29, 1.82) is 0 Å². The van der Waals surface area contributed by atoms with Gasteiger partial charge in [-0.25, -0.2) is 14.3 Å². The molecule has 0 spiro atoms. The minimum Gasteiger partial charge on any atom is -0.477 e. The molecule has 41 heavy (non-hydrogen) atoms. The third-order valence-electron chi connectivity index (χ3n) is 6.55. The van der Waals surface area contributed by atoms with Gasteiger partial charge in [-0.15, -0.1) is 16.9 Å². The highest BCUT2D eigenvalue weighted by molar-refractivity contribution is 8.01. The van der Waals surface area contributed by atoms with Gasteiger partial charge in [-0.2, -0.15) is 0 Å². The number of aromatic nitrogens is 4. The Kier molecular flexibility index (Phi) is 9.12. The number of likely N-dealkylation sites (N-methyl/N-ethyl adjacent to an activating group) is 1. The number of hydrogen-bond donors (Lipinski definition) is 3. The zero-order chi connectivity index (χ0) is 29.8. The average Bonchev–Trinajstić information content (AvgIpc) is 3.39. The molecule has 0 aliphatic carbocycles. The summed E-state index contributed by atoms with van der Waals surface area (Å²) in [5.74, 6) is -2.46. The van der Waals surface area contributed by atoms with Gasteiger partial charge < -0.3 is 15.7 Å². The first kappa shape index (κ1) is 29.8. The van der Waals surface area contributed by atoms with Crippen molar-refractivity contribution in [2.75, 3.05) is 18.6 Å². The second-order valence-corrected chi connectivity index (χ2v) is 11.2. The summed E-state index contributed by atoms with van der Waals surface area (Å²) in [6.45, 7) is 3.24. The average molecular weight is 601 g/mol. The Balaban J connectivity index is 1.50. The molecule has 5 amide bonds. The van der Waals surface area contributed by atoms with Crippen LogP contribution in [0.1, 0.15) is 25.5 Å². The zero-order valence-corrected chi connectivity index (χ0v) is 24.2. The van der Waals surface area contributed by atoms with Gasteiger partial charge in [0.25, 0.3) is 11.8 Å². The minimum atomic E-state index is -1.25. The normalized spacial score (nSPS) is 19.2. The fourth-order valence-corrected chi connectivity index (χ4v) is 6.51. The Bertz CT molecular complexity index is 1440. The van der Waals surface area contributed by atoms with E-state index in [2.05, 4.69) is 26.2 Å². The molecule has 4 rings (SSSR count). The molecule has 16 heteroatoms. The number of fused-ring (bicyclic) bond motifs is 1. The lowest BCUT2D eigenvalue weighted by Gasteiger charge is -2.49. The Labute approximate surface area is 243 Å². The molecule has 0 radical (unpaired) electrons. The number of rotatable bonds is 9. The van der Waals surface area contributed by atoms with E-state index >= 15 is 0 Å². The van der Waals surface area contributed by atoms with Crippen LogP contribution in [0, 0.1) is 0 Å². The number of aryl methyl sites for hydroxylation is 1. The zero-order valence-electron chi connectivity index (χ0n) is 22.6. The molecular formula is C25H28N8O6S2. The Hall–Kier alpha value is -4.18. The van der Waals surface area contributed by atoms with E-state index in [0.29, 0.717) is 27.6 Å². The molecule has 3 heterocycles. The van der Waals surface area contributed by atoms with Gasteiger partial charge in [0, 0.05) is 31.2 Å². The van der Waals surface area contributed by atoms with Crippen LogP contribution in [0.4, 0.5) is 4.79 Å². The molecule has 3 atom stereocenters. The molecule has 14 nitrogen and oxygen atoms in total. The van der Waals surface area contributed by atoms with Crippen molar-refractivity contribution in [1.82, 2.24) is 40.6 Å². The van der Waals surface area contributed by atoms with Crippen molar-refractivity contribution in [3.63, 3.8) is 0 Å². The number of nitrogens with zero attached hydrogens (tertiary/aromatic N) is 6. The molecular weight excluding hydrogens is 572 g/mol. The fourth-order valence-electron chi connectivity index (χ4n) is 4.17. The van der Waals surface area contributed by atoms with E-state index in [1.807, 2.05) is 0 Å². The van der Waals surface area contributed by atoms with Gasteiger partial charge in [0.05, 0.1) is 0 Å². The van der Waals surface area contributed by atoms with Gasteiger partial charge in [-0.3, -0.25) is 24.2 Å². The van der Waals surface area contributed by atoms with Crippen LogP contribution in [0.2, 0.25) is 0 Å². The van der Waals surface area contributed by atoms with E-state index < -0.39 is 47.2 Å². The number of carbonyl (C=O) groups excluding carboxylic acids is 4. The summed E-state index contributed by atoms with van der Waals surface area (Å²) < 4.78 is 1.46. The smallest absolute Gasteiger partial charge is 0.352 e. The molecule has 1 fully saturated rings. The second-order valence-electron chi connectivity index (χ2n) is 9.16. The van der Waals surface area contributed by atoms with Gasteiger partial charge in [-0.05, 0) is 35.4 Å². The van der Waals surface area contributed by atoms with Crippen LogP contribution < -0.4 is 10.6 Å². The summed E-state index contributed by atoms with van der Waals surface area (Å²) in [6, 6.07) is 5.36. The minimum absolute atomic E-state index is 0.126. The lowest BCUT2D eigenvalue weighted by Crippen LogP contribution is -2.71. The number of urea groups is 1. The van der Waals surface area contributed by atoms with E-state index in [9.17, 15) is 29.1 Å². The number of aliphatic carboxylic acids is 1. The quantitative estimate of drug-likeness (QED) is 0.212. The van der Waals surface area contributed by atoms with Crippen molar-refractivity contribution >= 4 is 53.2 Å². The van der Waals surface area contributed by atoms with Crippen LogP contribution >= 0.6 is 23.5 Å². The topological polar surface area (TPSA) is 180 Å². The Morgan fingerprint density at radius 3 is 2.59 bits per heavy atom. The number of allylic oxidation sites excluding steroid dienone is 1. The van der Waals surface area contributed by atoms with E-state index in [-0.39, 0.29) is 11.4 Å². The largest absolute Gasteiger partial charge is 0.477 e. The summed E-state index contributed by atoms with van der Waals surface area (Å²) >= 11 is 2.57. The molecule has 1 aromatic carbocycles. The third-order valence-corrected chi connectivity index (χ3v) is 8.98. The molecule has 2 aliphatic heterocycles. The Morgan fingerprint density at radius 2 is 1.98 bits per heavy atom. The van der Waals surface area contributed by atoms with E-state index in [1.165, 1.54) is 40.2 Å². The molecule has 1 saturated heterocycles. The van der Waals surface area contributed by atoms with Crippen LogP contribution in [0.3, 0.4) is 0 Å². The first-order valence-corrected chi connectivity index (χ1v) is 14.4. The molecule has 216 valence electrons. The number of amides is 5. The maximum atomic E-state index is 13.5. The maximum absolute atomic E-state index is 13.5. The van der Waals surface area contributed by atoms with Gasteiger partial charge in [0.15, 0.2) is 0 Å². The van der Waals surface area contributed by atoms with Crippen LogP contribution in [-0.2, 0) is 26.2 Å². The number of carbonyl (C=O) groups is 5. The molecule has 1 aromatic heterocycles. The monoisotopic (exact) mass is 600 g/mol. The maximum Gasteiger partial charge on any atom is 0.352 e. The van der Waals surface area contributed by atoms with Crippen molar-refractivity contribution in [2.24, 2.45) is 7.05 Å². The molecule has 2 unspecified atom stereocenters. The number of β-lactam (4-membered cyclic amide) rings is 1. The number of carboxylic acids is 1. The lowest BCUT2D eigenvalue weighted by molar-refractivity contribution is -0.151. The first-order valence-electron chi connectivity index (χ1n) is 12.4. The molecule has 2 aromatic rings. The summed E-state index contributed by atoms with van der Waals surface area (Å²) in [4.78, 5) is 66.2. The van der Waals surface area contributed by atoms with Crippen molar-refractivity contribution in [3.8, 4) is 0 Å². The molecule has 3 N–H and O–H groups in total. The highest BCUT2D eigenvalue weighted by Crippen LogP contribution is 2.41. The number of thioether (sulfide) groups is 2. The highest BCUT2D eigenvalue weighted by atomic mass is 32.2. The summed E-state index contributed by atoms with van der Waals surface area (Å²) in [5, 5.41) is 26.2. The summed E-state index contributed by atoms with van der Waals surface area (Å²) in [6.07, 6.45) is 1.57. The number of nitrogens with one attached hydrogen (secondary N) is 2. The number of carboxylic acid groups (broad SMARTS) is 1. The number of tetrazole rings is 1. The van der Waals surface area contributed by atoms with Gasteiger partial charge in [-0.1, -0.05) is 48.2 Å². The fraction of sp³-hybridized carbons (Fsp3) is 0.360. The predicted octanol–water partition coefficient (Wildman–Crippen LogP) is 0.916. The summed E-state index contributed by atoms with van der Waals surface area (Å²) in [7, 11) is 2.96. The number of imide groups is 1. The first-order chi connectivity index (χ1) is 19.5. The van der Waals surface area contributed by atoms with Crippen molar-refractivity contribution in [3.05, 3.63) is 58.8 Å². The van der Waals surface area contributed by atoms with Gasteiger partial charge in [0.2, 0.25) is 11.1 Å². The van der Waals surface area contributed by atoms with Crippen LogP contribution in [-0.4, -0.2) is 94.8 Å². The lowest BCUT2D eigenvalue weighted by atomic mass is 10.0. The van der Waals surface area contributed by atoms with Crippen LogP contribution in [0.25, 0.3) is 0 Å². The van der Waals surface area contributed by atoms with Crippen LogP contribution in [0.5, 0.6) is 0 Å². The SMILES string of the molecule is CC=C(C)C(=O)N(C)C(=O)NC(C(=O)NC1C(=O)N2C(C(=O)O)=C(CSc3nnnn3C)CS[C@@H]12)c1ccccc1. The van der Waals surface area contributed by atoms with Gasteiger partial charge in [0.1, 0.15) is 23.2 Å². The highest BCUT2D eigenvalue weighted by Gasteiger charge is 2.54. The second kappa shape index (κ2) is 12.6. The predicted molar refractivity (Wildman–Crippen MR) is 149 cm³/mol. The molecule has 0 bridgehead atoms. The van der Waals surface area contributed by atoms with E-state index in [0.717, 1.165) is 4.90 Å². The number of benzene rings is 1. The van der Waals surface area contributed by atoms with Crippen LogP contribution in [0.15, 0.2) is 58.4 Å². The van der Waals surface area contributed by atoms with E-state index in [1.54, 1.807) is 57.3 Å². The number of hydrogen-bond acceptors (Lipinski definition) is 10.